The Morgan fingerprint density at radius 1 is 1.27 bits per heavy atom. The number of benzene rings is 1. The average molecular weight is 403 g/mol. The fourth-order valence-corrected chi connectivity index (χ4v) is 5.17. The topological polar surface area (TPSA) is 98.5 Å². The Bertz CT molecular complexity index is 726. The number of methoxy groups -OCH3 is 1. The van der Waals surface area contributed by atoms with Crippen LogP contribution in [-0.4, -0.2) is 34.1 Å². The summed E-state index contributed by atoms with van der Waals surface area (Å²) in [7, 11) is -2.25. The molecule has 0 heterocycles. The van der Waals surface area contributed by atoms with Crippen LogP contribution in [0.1, 0.15) is 44.1 Å². The van der Waals surface area contributed by atoms with Crippen molar-refractivity contribution < 1.29 is 17.9 Å². The van der Waals surface area contributed by atoms with E-state index in [1.54, 1.807) is 24.3 Å². The van der Waals surface area contributed by atoms with Crippen molar-refractivity contribution in [3.05, 3.63) is 29.8 Å². The third kappa shape index (κ3) is 4.06. The Labute approximate surface area is 161 Å². The summed E-state index contributed by atoms with van der Waals surface area (Å²) in [6, 6.07) is 6.32. The molecule has 1 atom stereocenters. The normalized spacial score (nSPS) is 20.2. The number of carbonyl (C=O) groups is 1. The van der Waals surface area contributed by atoms with Gasteiger partial charge in [0.1, 0.15) is 0 Å². The van der Waals surface area contributed by atoms with Crippen molar-refractivity contribution in [2.24, 2.45) is 11.7 Å². The average Bonchev–Trinajstić information content (AvgIpc) is 3.26. The van der Waals surface area contributed by atoms with Crippen molar-refractivity contribution >= 4 is 28.4 Å². The van der Waals surface area contributed by atoms with Crippen LogP contribution >= 0.6 is 12.4 Å². The number of nitrogens with two attached hydrogens (primary N) is 1. The summed E-state index contributed by atoms with van der Waals surface area (Å²) in [5, 5.41) is 0. The van der Waals surface area contributed by atoms with Crippen LogP contribution in [0.25, 0.3) is 0 Å². The molecule has 6 nitrogen and oxygen atoms in total. The van der Waals surface area contributed by atoms with Gasteiger partial charge in [-0.25, -0.2) is 13.1 Å². The first-order valence-corrected chi connectivity index (χ1v) is 10.3. The number of hydrogen-bond donors (Lipinski definition) is 2. The number of sulfonamides is 1. The van der Waals surface area contributed by atoms with Gasteiger partial charge in [0.25, 0.3) is 0 Å². The van der Waals surface area contributed by atoms with Crippen LogP contribution in [-0.2, 0) is 25.0 Å². The maximum absolute atomic E-state index is 12.7. The van der Waals surface area contributed by atoms with E-state index in [4.69, 9.17) is 10.5 Å². The summed E-state index contributed by atoms with van der Waals surface area (Å²) in [5.74, 6) is 0.0544. The number of halogens is 1. The molecule has 26 heavy (non-hydrogen) atoms. The summed E-state index contributed by atoms with van der Waals surface area (Å²) in [4.78, 5) is 12.1. The van der Waals surface area contributed by atoms with Gasteiger partial charge in [-0.3, -0.25) is 4.79 Å². The molecular weight excluding hydrogens is 376 g/mol. The minimum Gasteiger partial charge on any atom is -0.468 e. The molecule has 2 aliphatic carbocycles. The third-order valence-electron chi connectivity index (χ3n) is 5.57. The lowest BCUT2D eigenvalue weighted by atomic mass is 9.96. The fourth-order valence-electron chi connectivity index (χ4n) is 3.85. The first-order valence-electron chi connectivity index (χ1n) is 8.84. The Morgan fingerprint density at radius 2 is 1.85 bits per heavy atom. The highest BCUT2D eigenvalue weighted by Crippen LogP contribution is 2.49. The second kappa shape index (κ2) is 8.25. The van der Waals surface area contributed by atoms with Gasteiger partial charge in [0.2, 0.25) is 10.0 Å². The van der Waals surface area contributed by atoms with E-state index in [1.165, 1.54) is 7.11 Å². The SMILES string of the molecule is COC(=O)C1(c2ccc(S(=O)(=O)NC(CN)C3CCCC3)cc2)CC1.Cl. The molecule has 8 heteroatoms. The maximum atomic E-state index is 12.7. The zero-order valence-corrected chi connectivity index (χ0v) is 16.6. The van der Waals surface area contributed by atoms with Gasteiger partial charge in [0.15, 0.2) is 0 Å². The number of esters is 1. The van der Waals surface area contributed by atoms with E-state index in [0.29, 0.717) is 12.5 Å². The standard InChI is InChI=1S/C18H26N2O4S.ClH/c1-24-17(21)18(10-11-18)14-6-8-15(9-7-14)25(22,23)20-16(12-19)13-4-2-3-5-13;/h6-9,13,16,20H,2-5,10-12,19H2,1H3;1H. The summed E-state index contributed by atoms with van der Waals surface area (Å²) in [5.41, 5.74) is 6.02. The highest BCUT2D eigenvalue weighted by Gasteiger charge is 2.52. The van der Waals surface area contributed by atoms with Gasteiger partial charge in [0.05, 0.1) is 17.4 Å². The van der Waals surface area contributed by atoms with Crippen molar-refractivity contribution in [3.8, 4) is 0 Å². The van der Waals surface area contributed by atoms with Crippen molar-refractivity contribution in [1.82, 2.24) is 4.72 Å². The molecule has 0 spiro atoms. The van der Waals surface area contributed by atoms with E-state index in [9.17, 15) is 13.2 Å². The van der Waals surface area contributed by atoms with Crippen LogP contribution in [0, 0.1) is 5.92 Å². The van der Waals surface area contributed by atoms with Crippen LogP contribution in [0.15, 0.2) is 29.2 Å². The Hall–Kier alpha value is -1.15. The second-order valence-corrected chi connectivity index (χ2v) is 8.82. The van der Waals surface area contributed by atoms with Crippen LogP contribution in [0.3, 0.4) is 0 Å². The van der Waals surface area contributed by atoms with E-state index < -0.39 is 15.4 Å². The molecule has 0 saturated heterocycles. The molecule has 1 aromatic rings. The molecule has 0 amide bonds. The highest BCUT2D eigenvalue weighted by molar-refractivity contribution is 7.89. The predicted molar refractivity (Wildman–Crippen MR) is 102 cm³/mol. The van der Waals surface area contributed by atoms with Gasteiger partial charge < -0.3 is 10.5 Å². The molecule has 3 rings (SSSR count). The molecule has 1 aromatic carbocycles. The first-order chi connectivity index (χ1) is 11.9. The van der Waals surface area contributed by atoms with E-state index in [2.05, 4.69) is 4.72 Å². The van der Waals surface area contributed by atoms with Gasteiger partial charge in [-0.1, -0.05) is 25.0 Å². The largest absolute Gasteiger partial charge is 0.468 e. The lowest BCUT2D eigenvalue weighted by molar-refractivity contribution is -0.143. The summed E-state index contributed by atoms with van der Waals surface area (Å²) in [6.45, 7) is 0.299. The van der Waals surface area contributed by atoms with Gasteiger partial charge in [-0.05, 0) is 49.3 Å². The first kappa shape index (κ1) is 21.2. The number of carbonyl (C=O) groups excluding carboxylic acids is 1. The molecule has 2 aliphatic rings. The molecule has 0 radical (unpaired) electrons. The molecular formula is C18H27ClN2O4S. The predicted octanol–water partition coefficient (Wildman–Crippen LogP) is 2.11. The lowest BCUT2D eigenvalue weighted by Gasteiger charge is -2.23. The lowest BCUT2D eigenvalue weighted by Crippen LogP contribution is -2.44. The zero-order chi connectivity index (χ0) is 18.1. The quantitative estimate of drug-likeness (QED) is 0.680. The number of nitrogens with one attached hydrogen (secondary N) is 1. The molecule has 2 fully saturated rings. The number of ether oxygens (including phenoxy) is 1. The summed E-state index contributed by atoms with van der Waals surface area (Å²) >= 11 is 0. The smallest absolute Gasteiger partial charge is 0.316 e. The van der Waals surface area contributed by atoms with Crippen molar-refractivity contribution in [2.75, 3.05) is 13.7 Å². The fraction of sp³-hybridized carbons (Fsp3) is 0.611. The third-order valence-corrected chi connectivity index (χ3v) is 7.08. The van der Waals surface area contributed by atoms with Crippen LogP contribution in [0.5, 0.6) is 0 Å². The van der Waals surface area contributed by atoms with E-state index in [-0.39, 0.29) is 29.3 Å². The van der Waals surface area contributed by atoms with E-state index in [1.807, 2.05) is 0 Å². The van der Waals surface area contributed by atoms with Gasteiger partial charge in [-0.2, -0.15) is 0 Å². The van der Waals surface area contributed by atoms with Crippen molar-refractivity contribution in [2.45, 2.75) is 54.9 Å². The molecule has 3 N–H and O–H groups in total. The molecule has 1 unspecified atom stereocenters. The van der Waals surface area contributed by atoms with E-state index >= 15 is 0 Å². The highest BCUT2D eigenvalue weighted by atomic mass is 35.5. The molecule has 0 aliphatic heterocycles. The van der Waals surface area contributed by atoms with Crippen molar-refractivity contribution in [1.29, 1.82) is 0 Å². The minimum absolute atomic E-state index is 0. The number of rotatable bonds is 7. The van der Waals surface area contributed by atoms with Crippen molar-refractivity contribution in [3.63, 3.8) is 0 Å². The monoisotopic (exact) mass is 402 g/mol. The maximum Gasteiger partial charge on any atom is 0.316 e. The van der Waals surface area contributed by atoms with Crippen LogP contribution < -0.4 is 10.5 Å². The number of hydrogen-bond acceptors (Lipinski definition) is 5. The summed E-state index contributed by atoms with van der Waals surface area (Å²) < 4.78 is 33.0. The van der Waals surface area contributed by atoms with Gasteiger partial charge >= 0.3 is 5.97 Å². The minimum atomic E-state index is -3.62. The van der Waals surface area contributed by atoms with Crippen LogP contribution in [0.2, 0.25) is 0 Å². The Morgan fingerprint density at radius 3 is 2.31 bits per heavy atom. The molecule has 2 saturated carbocycles. The molecule has 0 bridgehead atoms. The second-order valence-electron chi connectivity index (χ2n) is 7.11. The van der Waals surface area contributed by atoms with Crippen LogP contribution in [0.4, 0.5) is 0 Å². The Kier molecular flexibility index (Phi) is 6.71. The molecule has 0 aromatic heterocycles. The zero-order valence-electron chi connectivity index (χ0n) is 14.9. The van der Waals surface area contributed by atoms with E-state index in [0.717, 1.165) is 44.1 Å². The van der Waals surface area contributed by atoms with Gasteiger partial charge in [-0.15, -0.1) is 12.4 Å². The molecule has 146 valence electrons. The van der Waals surface area contributed by atoms with Gasteiger partial charge in [0, 0.05) is 12.6 Å². The Balaban J connectivity index is 0.00000243. The summed E-state index contributed by atoms with van der Waals surface area (Å²) in [6.07, 6.45) is 5.78.